The van der Waals surface area contributed by atoms with E-state index in [9.17, 15) is 4.79 Å². The molecule has 1 atom stereocenters. The number of hydrogen-bond donors (Lipinski definition) is 3. The van der Waals surface area contributed by atoms with Crippen molar-refractivity contribution in [2.45, 2.75) is 45.1 Å². The van der Waals surface area contributed by atoms with Crippen LogP contribution in [0.4, 0.5) is 10.7 Å². The molecule has 21 heavy (non-hydrogen) atoms. The molecule has 1 aromatic heterocycles. The molecule has 0 radical (unpaired) electrons. The first-order valence-corrected chi connectivity index (χ1v) is 8.39. The van der Waals surface area contributed by atoms with Crippen LogP contribution in [-0.4, -0.2) is 32.2 Å². The van der Waals surface area contributed by atoms with E-state index in [4.69, 9.17) is 10.5 Å². The molecule has 0 spiro atoms. The third-order valence-electron chi connectivity index (χ3n) is 3.71. The van der Waals surface area contributed by atoms with Gasteiger partial charge in [0.05, 0.1) is 17.3 Å². The summed E-state index contributed by atoms with van der Waals surface area (Å²) in [5.41, 5.74) is 8.04. The summed E-state index contributed by atoms with van der Waals surface area (Å²) < 4.78 is 5.24. The summed E-state index contributed by atoms with van der Waals surface area (Å²) in [6.45, 7) is 5.29. The van der Waals surface area contributed by atoms with E-state index in [1.165, 1.54) is 11.3 Å². The molecule has 0 aromatic carbocycles. The zero-order chi connectivity index (χ0) is 15.4. The normalized spacial score (nSPS) is 15.8. The van der Waals surface area contributed by atoms with Gasteiger partial charge >= 0.3 is 0 Å². The number of nitrogens with two attached hydrogens (primary N) is 1. The summed E-state index contributed by atoms with van der Waals surface area (Å²) in [6, 6.07) is 0.243. The lowest BCUT2D eigenvalue weighted by Gasteiger charge is -2.17. The SMILES string of the molecule is CCNC(=O)c1sc(NC(CC)COC)c(C2CC2)c1N. The molecule has 1 aromatic rings. The molecular weight excluding hydrogens is 286 g/mol. The van der Waals surface area contributed by atoms with Crippen LogP contribution in [0.1, 0.15) is 54.3 Å². The first kappa shape index (κ1) is 16.1. The van der Waals surface area contributed by atoms with E-state index >= 15 is 0 Å². The smallest absolute Gasteiger partial charge is 0.263 e. The van der Waals surface area contributed by atoms with Crippen molar-refractivity contribution in [3.63, 3.8) is 0 Å². The van der Waals surface area contributed by atoms with Crippen LogP contribution in [0.25, 0.3) is 0 Å². The van der Waals surface area contributed by atoms with Crippen LogP contribution in [0.15, 0.2) is 0 Å². The average molecular weight is 311 g/mol. The highest BCUT2D eigenvalue weighted by Gasteiger charge is 2.33. The zero-order valence-corrected chi connectivity index (χ0v) is 13.8. The van der Waals surface area contributed by atoms with Gasteiger partial charge in [-0.05, 0) is 32.1 Å². The van der Waals surface area contributed by atoms with Crippen LogP contribution >= 0.6 is 11.3 Å². The molecule has 118 valence electrons. The fraction of sp³-hybridized carbons (Fsp3) is 0.667. The second kappa shape index (κ2) is 7.13. The maximum Gasteiger partial charge on any atom is 0.263 e. The Kier molecular flexibility index (Phi) is 5.47. The number of nitrogens with one attached hydrogen (secondary N) is 2. The van der Waals surface area contributed by atoms with Gasteiger partial charge in [0.1, 0.15) is 4.88 Å². The minimum atomic E-state index is -0.0743. The molecule has 2 rings (SSSR count). The Balaban J connectivity index is 2.26. The van der Waals surface area contributed by atoms with Crippen molar-refractivity contribution in [3.8, 4) is 0 Å². The molecule has 1 heterocycles. The highest BCUT2D eigenvalue weighted by atomic mass is 32.1. The van der Waals surface area contributed by atoms with Crippen molar-refractivity contribution < 1.29 is 9.53 Å². The molecule has 1 aliphatic rings. The summed E-state index contributed by atoms with van der Waals surface area (Å²) in [7, 11) is 1.70. The second-order valence-corrected chi connectivity index (χ2v) is 6.45. The third kappa shape index (κ3) is 3.68. The molecule has 5 nitrogen and oxygen atoms in total. The van der Waals surface area contributed by atoms with Crippen molar-refractivity contribution >= 4 is 27.9 Å². The first-order valence-electron chi connectivity index (χ1n) is 7.58. The van der Waals surface area contributed by atoms with Gasteiger partial charge in [-0.25, -0.2) is 0 Å². The summed E-state index contributed by atoms with van der Waals surface area (Å²) in [6.07, 6.45) is 3.28. The van der Waals surface area contributed by atoms with Crippen LogP contribution in [0, 0.1) is 0 Å². The lowest BCUT2D eigenvalue weighted by atomic mass is 10.1. The van der Waals surface area contributed by atoms with Gasteiger partial charge in [-0.2, -0.15) is 0 Å². The number of thiophene rings is 1. The van der Waals surface area contributed by atoms with E-state index in [2.05, 4.69) is 17.6 Å². The van der Waals surface area contributed by atoms with E-state index in [1.54, 1.807) is 7.11 Å². The number of amides is 1. The highest BCUT2D eigenvalue weighted by Crippen LogP contribution is 2.51. The molecule has 1 unspecified atom stereocenters. The lowest BCUT2D eigenvalue weighted by molar-refractivity contribution is 0.0960. The zero-order valence-electron chi connectivity index (χ0n) is 13.0. The minimum absolute atomic E-state index is 0.0743. The fourth-order valence-corrected chi connectivity index (χ4v) is 3.60. The average Bonchev–Trinajstić information content (AvgIpc) is 3.23. The summed E-state index contributed by atoms with van der Waals surface area (Å²) in [5, 5.41) is 7.39. The van der Waals surface area contributed by atoms with Crippen LogP contribution < -0.4 is 16.4 Å². The Labute approximate surface area is 130 Å². The minimum Gasteiger partial charge on any atom is -0.397 e. The largest absolute Gasteiger partial charge is 0.397 e. The van der Waals surface area contributed by atoms with E-state index < -0.39 is 0 Å². The van der Waals surface area contributed by atoms with Crippen molar-refractivity contribution in [2.75, 3.05) is 31.3 Å². The molecule has 6 heteroatoms. The van der Waals surface area contributed by atoms with Gasteiger partial charge in [-0.15, -0.1) is 11.3 Å². The Morgan fingerprint density at radius 3 is 2.71 bits per heavy atom. The number of hydrogen-bond acceptors (Lipinski definition) is 5. The van der Waals surface area contributed by atoms with Crippen LogP contribution in [0.5, 0.6) is 0 Å². The van der Waals surface area contributed by atoms with Crippen LogP contribution in [0.3, 0.4) is 0 Å². The molecule has 0 bridgehead atoms. The number of carbonyl (C=O) groups is 1. The molecule has 1 fully saturated rings. The number of rotatable bonds is 8. The standard InChI is InChI=1S/C15H25N3O2S/c1-4-10(8-20-3)18-15-11(9-6-7-9)12(16)13(21-15)14(19)17-5-2/h9-10,18H,4-8,16H2,1-3H3,(H,17,19). The topological polar surface area (TPSA) is 76.4 Å². The number of anilines is 2. The first-order chi connectivity index (χ1) is 10.1. The Morgan fingerprint density at radius 2 is 2.19 bits per heavy atom. The Morgan fingerprint density at radius 1 is 1.48 bits per heavy atom. The predicted molar refractivity (Wildman–Crippen MR) is 88.3 cm³/mol. The maximum atomic E-state index is 12.1. The summed E-state index contributed by atoms with van der Waals surface area (Å²) in [5.74, 6) is 0.432. The molecular formula is C15H25N3O2S. The van der Waals surface area contributed by atoms with Crippen molar-refractivity contribution in [2.24, 2.45) is 0 Å². The third-order valence-corrected chi connectivity index (χ3v) is 4.86. The quantitative estimate of drug-likeness (QED) is 0.690. The number of ether oxygens (including phenoxy) is 1. The van der Waals surface area contributed by atoms with Crippen molar-refractivity contribution in [1.29, 1.82) is 0 Å². The van der Waals surface area contributed by atoms with Gasteiger partial charge in [-0.1, -0.05) is 6.92 Å². The van der Waals surface area contributed by atoms with E-state index in [1.807, 2.05) is 6.92 Å². The number of nitrogen functional groups attached to an aromatic ring is 1. The van der Waals surface area contributed by atoms with Gasteiger partial charge < -0.3 is 21.1 Å². The van der Waals surface area contributed by atoms with Crippen molar-refractivity contribution in [1.82, 2.24) is 5.32 Å². The molecule has 1 saturated carbocycles. The van der Waals surface area contributed by atoms with Crippen LogP contribution in [0.2, 0.25) is 0 Å². The van der Waals surface area contributed by atoms with Gasteiger partial charge in [-0.3, -0.25) is 4.79 Å². The number of methoxy groups -OCH3 is 1. The monoisotopic (exact) mass is 311 g/mol. The van der Waals surface area contributed by atoms with E-state index in [0.717, 1.165) is 29.8 Å². The van der Waals surface area contributed by atoms with Gasteiger partial charge in [0.25, 0.3) is 5.91 Å². The molecule has 1 aliphatic carbocycles. The fourth-order valence-electron chi connectivity index (χ4n) is 2.40. The Hall–Kier alpha value is -1.27. The highest BCUT2D eigenvalue weighted by molar-refractivity contribution is 7.18. The molecule has 4 N–H and O–H groups in total. The lowest BCUT2D eigenvalue weighted by Crippen LogP contribution is -2.23. The maximum absolute atomic E-state index is 12.1. The predicted octanol–water partition coefficient (Wildman–Crippen LogP) is 2.79. The molecule has 0 aliphatic heterocycles. The van der Waals surface area contributed by atoms with Gasteiger partial charge in [0.15, 0.2) is 0 Å². The molecule has 0 saturated heterocycles. The van der Waals surface area contributed by atoms with Gasteiger partial charge in [0, 0.05) is 25.3 Å². The van der Waals surface area contributed by atoms with Crippen molar-refractivity contribution in [3.05, 3.63) is 10.4 Å². The molecule has 1 amide bonds. The van der Waals surface area contributed by atoms with E-state index in [-0.39, 0.29) is 11.9 Å². The van der Waals surface area contributed by atoms with Gasteiger partial charge in [0.2, 0.25) is 0 Å². The Bertz CT molecular complexity index is 497. The summed E-state index contributed by atoms with van der Waals surface area (Å²) in [4.78, 5) is 12.8. The summed E-state index contributed by atoms with van der Waals surface area (Å²) >= 11 is 1.47. The van der Waals surface area contributed by atoms with E-state index in [0.29, 0.717) is 29.6 Å². The number of carbonyl (C=O) groups excluding carboxylic acids is 1. The second-order valence-electron chi connectivity index (χ2n) is 5.43. The van der Waals surface area contributed by atoms with Crippen LogP contribution in [-0.2, 0) is 4.74 Å².